The number of nitriles is 1. The summed E-state index contributed by atoms with van der Waals surface area (Å²) in [5, 5.41) is 11.8. The zero-order valence-electron chi connectivity index (χ0n) is 19.5. The number of esters is 1. The largest absolute Gasteiger partial charge is 1.00 e. The number of amides is 1. The minimum Gasteiger partial charge on any atom is -1.00 e. The van der Waals surface area contributed by atoms with Crippen molar-refractivity contribution >= 4 is 11.9 Å². The van der Waals surface area contributed by atoms with Gasteiger partial charge in [0, 0.05) is 0 Å². The molecule has 0 aliphatic carbocycles. The molecule has 1 saturated heterocycles. The Morgan fingerprint density at radius 1 is 1.13 bits per heavy atom. The zero-order chi connectivity index (χ0) is 21.7. The van der Waals surface area contributed by atoms with E-state index in [4.69, 9.17) is 14.7 Å². The first kappa shape index (κ1) is 25.6. The van der Waals surface area contributed by atoms with Gasteiger partial charge in [-0.25, -0.2) is 0 Å². The van der Waals surface area contributed by atoms with Crippen molar-refractivity contribution in [3.05, 3.63) is 54.1 Å². The summed E-state index contributed by atoms with van der Waals surface area (Å²) in [6.45, 7) is 5.77. The Balaban J connectivity index is 0.00000256. The normalized spacial score (nSPS) is 17.8. The number of rotatable bonds is 6. The summed E-state index contributed by atoms with van der Waals surface area (Å²) in [5.74, 6) is -0.169. The van der Waals surface area contributed by atoms with Gasteiger partial charge >= 0.3 is 57.4 Å². The summed E-state index contributed by atoms with van der Waals surface area (Å²) in [6, 6.07) is 17.0. The van der Waals surface area contributed by atoms with Gasteiger partial charge in [-0.05, 0) is 62.6 Å². The van der Waals surface area contributed by atoms with Gasteiger partial charge in [-0.15, -0.1) is 0 Å². The van der Waals surface area contributed by atoms with E-state index in [0.717, 1.165) is 11.1 Å². The molecule has 0 bridgehead atoms. The van der Waals surface area contributed by atoms with Gasteiger partial charge in [0.25, 0.3) is 0 Å². The van der Waals surface area contributed by atoms with Crippen LogP contribution < -0.4 is 61.4 Å². The molecule has 2 aromatic rings. The van der Waals surface area contributed by atoms with Gasteiger partial charge in [-0.1, -0.05) is 24.3 Å². The SMILES string of the molecule is CC(C)(C)OC(=O)C[C@@H]1C[C@@H](COc2ccc(-c3ccc(C#N)cc3)cc2)NC1=O.[H-].[K+]. The number of nitrogens with one attached hydrogen (secondary N) is 1. The monoisotopic (exact) mass is 446 g/mol. The maximum absolute atomic E-state index is 12.1. The van der Waals surface area contributed by atoms with Gasteiger partial charge in [0.2, 0.25) is 5.91 Å². The summed E-state index contributed by atoms with van der Waals surface area (Å²) in [5.41, 5.74) is 2.12. The van der Waals surface area contributed by atoms with E-state index in [0.29, 0.717) is 24.3 Å². The minimum absolute atomic E-state index is 0. The molecule has 0 radical (unpaired) electrons. The van der Waals surface area contributed by atoms with Gasteiger partial charge in [0.1, 0.15) is 18.0 Å². The van der Waals surface area contributed by atoms with E-state index >= 15 is 0 Å². The molecule has 2 aromatic carbocycles. The Bertz CT molecular complexity index is 950. The number of benzene rings is 2. The van der Waals surface area contributed by atoms with Crippen LogP contribution in [0.5, 0.6) is 5.75 Å². The second kappa shape index (κ2) is 11.3. The number of carbonyl (C=O) groups excluding carboxylic acids is 2. The zero-order valence-corrected chi connectivity index (χ0v) is 21.6. The fourth-order valence-corrected chi connectivity index (χ4v) is 3.38. The summed E-state index contributed by atoms with van der Waals surface area (Å²) in [6.07, 6.45) is 0.625. The van der Waals surface area contributed by atoms with Crippen molar-refractivity contribution in [3.8, 4) is 22.9 Å². The molecule has 1 aliphatic heterocycles. The van der Waals surface area contributed by atoms with Crippen molar-refractivity contribution < 1.29 is 71.9 Å². The van der Waals surface area contributed by atoms with Crippen molar-refractivity contribution in [3.63, 3.8) is 0 Å². The van der Waals surface area contributed by atoms with Crippen molar-refractivity contribution in [1.29, 1.82) is 5.26 Å². The van der Waals surface area contributed by atoms with Crippen LogP contribution in [0.15, 0.2) is 48.5 Å². The van der Waals surface area contributed by atoms with Crippen molar-refractivity contribution in [2.24, 2.45) is 5.92 Å². The Morgan fingerprint density at radius 3 is 2.26 bits per heavy atom. The van der Waals surface area contributed by atoms with Gasteiger partial charge < -0.3 is 16.2 Å². The number of ether oxygens (including phenoxy) is 2. The van der Waals surface area contributed by atoms with E-state index in [9.17, 15) is 9.59 Å². The van der Waals surface area contributed by atoms with E-state index in [2.05, 4.69) is 11.4 Å². The predicted octanol–water partition coefficient (Wildman–Crippen LogP) is 0.957. The van der Waals surface area contributed by atoms with E-state index in [1.165, 1.54) is 0 Å². The first-order chi connectivity index (χ1) is 14.2. The number of nitrogens with zero attached hydrogens (tertiary/aromatic N) is 1. The first-order valence-electron chi connectivity index (χ1n) is 9.99. The van der Waals surface area contributed by atoms with Crippen LogP contribution >= 0.6 is 0 Å². The Hall–Kier alpha value is -1.69. The average Bonchev–Trinajstić information content (AvgIpc) is 3.04. The molecule has 1 aliphatic rings. The fraction of sp³-hybridized carbons (Fsp3) is 0.375. The van der Waals surface area contributed by atoms with E-state index in [-0.39, 0.29) is 83.1 Å². The first-order valence-corrected chi connectivity index (χ1v) is 9.99. The molecule has 1 N–H and O–H groups in total. The second-order valence-corrected chi connectivity index (χ2v) is 8.45. The summed E-state index contributed by atoms with van der Waals surface area (Å²) >= 11 is 0. The molecular weight excluding hydrogens is 419 g/mol. The quantitative estimate of drug-likeness (QED) is 0.527. The Kier molecular flexibility index (Phi) is 9.28. The molecule has 1 amide bonds. The van der Waals surface area contributed by atoms with E-state index in [1.54, 1.807) is 12.1 Å². The van der Waals surface area contributed by atoms with Gasteiger partial charge in [0.05, 0.1) is 30.0 Å². The standard InChI is InChI=1S/C24H26N2O4.K.H/c1-24(2,3)30-22(27)13-19-12-20(26-23(19)28)15-29-21-10-8-18(9-11-21)17-6-4-16(14-25)5-7-17;;/h4-11,19-20H,12-13,15H2,1-3H3,(H,26,28);;/q;+1;-1/t19-,20-;;/m0../s1. The van der Waals surface area contributed by atoms with Crippen LogP contribution in [0.25, 0.3) is 11.1 Å². The van der Waals surface area contributed by atoms with Crippen molar-refractivity contribution in [1.82, 2.24) is 5.32 Å². The smallest absolute Gasteiger partial charge is 1.00 e. The van der Waals surface area contributed by atoms with Gasteiger partial charge in [0.15, 0.2) is 0 Å². The second-order valence-electron chi connectivity index (χ2n) is 8.45. The van der Waals surface area contributed by atoms with Crippen LogP contribution in [0.2, 0.25) is 0 Å². The number of carbonyl (C=O) groups is 2. The summed E-state index contributed by atoms with van der Waals surface area (Å²) in [4.78, 5) is 24.1. The third-order valence-electron chi connectivity index (χ3n) is 4.77. The van der Waals surface area contributed by atoms with E-state index in [1.807, 2.05) is 57.2 Å². The number of hydrogen-bond donors (Lipinski definition) is 1. The molecule has 1 heterocycles. The van der Waals surface area contributed by atoms with Crippen LogP contribution in [0.1, 0.15) is 40.6 Å². The van der Waals surface area contributed by atoms with Crippen LogP contribution in [-0.4, -0.2) is 30.1 Å². The predicted molar refractivity (Wildman–Crippen MR) is 114 cm³/mol. The molecule has 158 valence electrons. The van der Waals surface area contributed by atoms with Crippen LogP contribution in [0.4, 0.5) is 0 Å². The molecule has 3 rings (SSSR count). The van der Waals surface area contributed by atoms with Gasteiger partial charge in [-0.3, -0.25) is 9.59 Å². The molecule has 0 spiro atoms. The van der Waals surface area contributed by atoms with Gasteiger partial charge in [-0.2, -0.15) is 5.26 Å². The average molecular weight is 447 g/mol. The minimum atomic E-state index is -0.557. The maximum Gasteiger partial charge on any atom is 1.00 e. The summed E-state index contributed by atoms with van der Waals surface area (Å²) in [7, 11) is 0. The third kappa shape index (κ3) is 7.74. The molecule has 0 saturated carbocycles. The van der Waals surface area contributed by atoms with Crippen molar-refractivity contribution in [2.75, 3.05) is 6.61 Å². The van der Waals surface area contributed by atoms with Crippen LogP contribution in [-0.2, 0) is 14.3 Å². The Morgan fingerprint density at radius 2 is 1.71 bits per heavy atom. The molecule has 2 atom stereocenters. The van der Waals surface area contributed by atoms with Crippen LogP contribution in [0.3, 0.4) is 0 Å². The molecule has 0 aromatic heterocycles. The van der Waals surface area contributed by atoms with Crippen molar-refractivity contribution in [2.45, 2.75) is 45.3 Å². The fourth-order valence-electron chi connectivity index (χ4n) is 3.38. The topological polar surface area (TPSA) is 88.4 Å². The third-order valence-corrected chi connectivity index (χ3v) is 4.77. The van der Waals surface area contributed by atoms with Crippen LogP contribution in [0, 0.1) is 17.2 Å². The molecular formula is C24H27KN2O4. The molecule has 31 heavy (non-hydrogen) atoms. The molecule has 0 unspecified atom stereocenters. The molecule has 7 heteroatoms. The Labute approximate surface area is 227 Å². The molecule has 1 fully saturated rings. The molecule has 6 nitrogen and oxygen atoms in total. The number of hydrogen-bond acceptors (Lipinski definition) is 5. The van der Waals surface area contributed by atoms with E-state index < -0.39 is 5.60 Å². The summed E-state index contributed by atoms with van der Waals surface area (Å²) < 4.78 is 11.1. The maximum atomic E-state index is 12.1.